The van der Waals surface area contributed by atoms with Crippen molar-refractivity contribution in [3.63, 3.8) is 0 Å². The molecule has 1 rings (SSSR count). The van der Waals surface area contributed by atoms with Crippen LogP contribution in [0.25, 0.3) is 0 Å². The van der Waals surface area contributed by atoms with E-state index in [2.05, 4.69) is 26.6 Å². The molecule has 0 saturated heterocycles. The van der Waals surface area contributed by atoms with Crippen molar-refractivity contribution in [1.29, 1.82) is 0 Å². The second-order valence-electron chi connectivity index (χ2n) is 3.91. The third-order valence-electron chi connectivity index (χ3n) is 2.35. The summed E-state index contributed by atoms with van der Waals surface area (Å²) in [6.45, 7) is 1.08. The number of alkyl halides is 3. The van der Waals surface area contributed by atoms with Crippen molar-refractivity contribution in [3.05, 3.63) is 28.2 Å². The van der Waals surface area contributed by atoms with Gasteiger partial charge in [-0.15, -0.1) is 0 Å². The predicted octanol–water partition coefficient (Wildman–Crippen LogP) is 3.79. The van der Waals surface area contributed by atoms with Gasteiger partial charge in [0, 0.05) is 24.7 Å². The first-order chi connectivity index (χ1) is 9.34. The quantitative estimate of drug-likeness (QED) is 0.610. The first-order valence-corrected chi connectivity index (χ1v) is 6.95. The Morgan fingerprint density at radius 3 is 2.70 bits per heavy atom. The van der Waals surface area contributed by atoms with Crippen LogP contribution in [0.1, 0.15) is 12.0 Å². The van der Waals surface area contributed by atoms with Crippen LogP contribution in [0.15, 0.2) is 22.7 Å². The van der Waals surface area contributed by atoms with E-state index in [4.69, 9.17) is 17.0 Å². The van der Waals surface area contributed by atoms with Gasteiger partial charge in [0.25, 0.3) is 0 Å². The van der Waals surface area contributed by atoms with Crippen molar-refractivity contribution in [2.45, 2.75) is 12.6 Å². The molecule has 0 radical (unpaired) electrons. The van der Waals surface area contributed by atoms with Crippen molar-refractivity contribution < 1.29 is 17.9 Å². The molecule has 0 unspecified atom stereocenters. The van der Waals surface area contributed by atoms with Gasteiger partial charge in [0.2, 0.25) is 0 Å². The summed E-state index contributed by atoms with van der Waals surface area (Å²) in [5, 5.41) is 5.53. The first-order valence-electron chi connectivity index (χ1n) is 5.75. The van der Waals surface area contributed by atoms with E-state index in [1.165, 1.54) is 12.1 Å². The molecule has 1 aromatic rings. The van der Waals surface area contributed by atoms with E-state index in [9.17, 15) is 13.2 Å². The normalized spacial score (nSPS) is 11.2. The molecule has 0 heterocycles. The van der Waals surface area contributed by atoms with Crippen LogP contribution in [0, 0.1) is 0 Å². The Morgan fingerprint density at radius 2 is 2.10 bits per heavy atom. The predicted molar refractivity (Wildman–Crippen MR) is 79.9 cm³/mol. The number of hydrogen-bond acceptors (Lipinski definition) is 2. The highest BCUT2D eigenvalue weighted by Crippen LogP contribution is 2.36. The van der Waals surface area contributed by atoms with E-state index < -0.39 is 11.7 Å². The van der Waals surface area contributed by atoms with E-state index >= 15 is 0 Å². The van der Waals surface area contributed by atoms with Gasteiger partial charge in [-0.2, -0.15) is 13.2 Å². The van der Waals surface area contributed by atoms with E-state index in [1.807, 2.05) is 0 Å². The van der Waals surface area contributed by atoms with Crippen molar-refractivity contribution in [2.24, 2.45) is 0 Å². The van der Waals surface area contributed by atoms with Crippen LogP contribution in [0.2, 0.25) is 0 Å². The van der Waals surface area contributed by atoms with Crippen LogP contribution in [0.4, 0.5) is 18.9 Å². The zero-order valence-corrected chi connectivity index (χ0v) is 13.1. The second kappa shape index (κ2) is 7.80. The molecular formula is C12H14BrF3N2OS. The third-order valence-corrected chi connectivity index (χ3v) is 3.09. The van der Waals surface area contributed by atoms with Crippen molar-refractivity contribution in [3.8, 4) is 0 Å². The smallest absolute Gasteiger partial charge is 0.385 e. The molecule has 0 atom stereocenters. The Hall–Kier alpha value is -0.860. The highest BCUT2D eigenvalue weighted by atomic mass is 79.9. The highest BCUT2D eigenvalue weighted by molar-refractivity contribution is 9.10. The molecule has 112 valence electrons. The monoisotopic (exact) mass is 370 g/mol. The molecule has 0 spiro atoms. The number of benzene rings is 1. The van der Waals surface area contributed by atoms with Crippen LogP contribution in [-0.2, 0) is 10.9 Å². The molecule has 0 aliphatic rings. The molecule has 0 aliphatic heterocycles. The second-order valence-corrected chi connectivity index (χ2v) is 5.24. The van der Waals surface area contributed by atoms with Crippen LogP contribution in [-0.4, -0.2) is 25.4 Å². The molecule has 3 nitrogen and oxygen atoms in total. The summed E-state index contributed by atoms with van der Waals surface area (Å²) in [6.07, 6.45) is -3.73. The largest absolute Gasteiger partial charge is 0.418 e. The fraction of sp³-hybridized carbons (Fsp3) is 0.417. The van der Waals surface area contributed by atoms with Gasteiger partial charge in [0.15, 0.2) is 5.11 Å². The molecule has 0 aromatic heterocycles. The molecule has 2 N–H and O–H groups in total. The van der Waals surface area contributed by atoms with Crippen LogP contribution < -0.4 is 10.6 Å². The summed E-state index contributed by atoms with van der Waals surface area (Å²) >= 11 is 7.98. The van der Waals surface area contributed by atoms with Gasteiger partial charge in [-0.25, -0.2) is 0 Å². The van der Waals surface area contributed by atoms with Crippen molar-refractivity contribution in [2.75, 3.05) is 25.6 Å². The molecule has 8 heteroatoms. The van der Waals surface area contributed by atoms with Gasteiger partial charge in [0.1, 0.15) is 0 Å². The minimum Gasteiger partial charge on any atom is -0.385 e. The number of thiocarbonyl (C=S) groups is 1. The molecule has 0 fully saturated rings. The maximum absolute atomic E-state index is 12.9. The number of rotatable bonds is 5. The maximum Gasteiger partial charge on any atom is 0.418 e. The zero-order chi connectivity index (χ0) is 15.2. The lowest BCUT2D eigenvalue weighted by Crippen LogP contribution is -2.30. The van der Waals surface area contributed by atoms with E-state index in [0.717, 1.165) is 6.07 Å². The number of anilines is 1. The Bertz CT molecular complexity index is 469. The topological polar surface area (TPSA) is 33.3 Å². The molecule has 0 saturated carbocycles. The fourth-order valence-corrected chi connectivity index (χ4v) is 2.02. The Labute approximate surface area is 129 Å². The van der Waals surface area contributed by atoms with E-state index in [-0.39, 0.29) is 10.8 Å². The summed E-state index contributed by atoms with van der Waals surface area (Å²) < 4.78 is 43.9. The summed E-state index contributed by atoms with van der Waals surface area (Å²) in [7, 11) is 1.58. The van der Waals surface area contributed by atoms with Gasteiger partial charge < -0.3 is 15.4 Å². The molecule has 20 heavy (non-hydrogen) atoms. The lowest BCUT2D eigenvalue weighted by molar-refractivity contribution is -0.136. The van der Waals surface area contributed by atoms with Gasteiger partial charge in [-0.05, 0) is 36.8 Å². The average molecular weight is 371 g/mol. The number of nitrogens with one attached hydrogen (secondary N) is 2. The molecule has 0 bridgehead atoms. The molecular weight excluding hydrogens is 357 g/mol. The lowest BCUT2D eigenvalue weighted by atomic mass is 10.1. The first kappa shape index (κ1) is 17.2. The molecule has 1 aromatic carbocycles. The minimum absolute atomic E-state index is 0.0788. The number of halogens is 4. The molecule has 0 aliphatic carbocycles. The zero-order valence-electron chi connectivity index (χ0n) is 10.7. The van der Waals surface area contributed by atoms with Crippen LogP contribution >= 0.6 is 28.1 Å². The fourth-order valence-electron chi connectivity index (χ4n) is 1.44. The SMILES string of the molecule is COCCCNC(=S)Nc1ccc(Br)cc1C(F)(F)F. The van der Waals surface area contributed by atoms with Gasteiger partial charge in [-0.3, -0.25) is 0 Å². The number of methoxy groups -OCH3 is 1. The third kappa shape index (κ3) is 5.64. The lowest BCUT2D eigenvalue weighted by Gasteiger charge is -2.16. The van der Waals surface area contributed by atoms with Gasteiger partial charge in [0.05, 0.1) is 11.3 Å². The minimum atomic E-state index is -4.45. The average Bonchev–Trinajstić information content (AvgIpc) is 2.35. The Balaban J connectivity index is 2.70. The van der Waals surface area contributed by atoms with Crippen LogP contribution in [0.3, 0.4) is 0 Å². The van der Waals surface area contributed by atoms with E-state index in [0.29, 0.717) is 24.0 Å². The Kier molecular flexibility index (Phi) is 6.70. The standard InChI is InChI=1S/C12H14BrF3N2OS/c1-19-6-2-5-17-11(20)18-10-4-3-8(13)7-9(10)12(14,15)16/h3-4,7H,2,5-6H2,1H3,(H2,17,18,20). The van der Waals surface area contributed by atoms with Crippen molar-refractivity contribution in [1.82, 2.24) is 5.32 Å². The summed E-state index contributed by atoms with van der Waals surface area (Å²) in [4.78, 5) is 0. The van der Waals surface area contributed by atoms with Gasteiger partial charge in [-0.1, -0.05) is 15.9 Å². The summed E-state index contributed by atoms with van der Waals surface area (Å²) in [6, 6.07) is 3.86. The van der Waals surface area contributed by atoms with E-state index in [1.54, 1.807) is 7.11 Å². The molecule has 0 amide bonds. The van der Waals surface area contributed by atoms with Gasteiger partial charge >= 0.3 is 6.18 Å². The maximum atomic E-state index is 12.9. The number of hydrogen-bond donors (Lipinski definition) is 2. The van der Waals surface area contributed by atoms with Crippen molar-refractivity contribution >= 4 is 38.9 Å². The number of ether oxygens (including phenoxy) is 1. The summed E-state index contributed by atoms with van der Waals surface area (Å²) in [5.74, 6) is 0. The summed E-state index contributed by atoms with van der Waals surface area (Å²) in [5.41, 5.74) is -0.849. The van der Waals surface area contributed by atoms with Crippen LogP contribution in [0.5, 0.6) is 0 Å². The Morgan fingerprint density at radius 1 is 1.40 bits per heavy atom. The highest BCUT2D eigenvalue weighted by Gasteiger charge is 2.33.